The number of aryl methyl sites for hydroxylation is 1. The van der Waals surface area contributed by atoms with E-state index in [1.807, 2.05) is 17.7 Å². The maximum atomic E-state index is 11.1. The first kappa shape index (κ1) is 11.0. The van der Waals surface area contributed by atoms with E-state index in [0.717, 1.165) is 31.9 Å². The van der Waals surface area contributed by atoms with Gasteiger partial charge in [-0.3, -0.25) is 10.1 Å². The number of anilines is 1. The summed E-state index contributed by atoms with van der Waals surface area (Å²) in [5.74, 6) is 0.830. The van der Waals surface area contributed by atoms with Gasteiger partial charge in [-0.15, -0.1) is 0 Å². The largest absolute Gasteiger partial charge is 0.345 e. The van der Waals surface area contributed by atoms with Crippen molar-refractivity contribution in [2.45, 2.75) is 19.4 Å². The summed E-state index contributed by atoms with van der Waals surface area (Å²) in [6.45, 7) is 1.73. The summed E-state index contributed by atoms with van der Waals surface area (Å²) in [7, 11) is 1.98. The Labute approximate surface area is 104 Å². The topological polar surface area (TPSA) is 64.2 Å². The number of hydrogen-bond donors (Lipinski definition) is 0. The molecule has 6 nitrogen and oxygen atoms in total. The molecule has 94 valence electrons. The van der Waals surface area contributed by atoms with Gasteiger partial charge in [-0.25, -0.2) is 4.98 Å². The van der Waals surface area contributed by atoms with Gasteiger partial charge in [0.1, 0.15) is 5.52 Å². The minimum absolute atomic E-state index is 0.140. The lowest BCUT2D eigenvalue weighted by Crippen LogP contribution is -2.19. The monoisotopic (exact) mass is 246 g/mol. The van der Waals surface area contributed by atoms with Gasteiger partial charge in [0.05, 0.1) is 10.4 Å². The van der Waals surface area contributed by atoms with Crippen LogP contribution in [0.25, 0.3) is 11.0 Å². The molecular formula is C12H14N4O2. The molecule has 0 amide bonds. The number of nitro benzene ring substituents is 1. The lowest BCUT2D eigenvalue weighted by atomic mass is 10.2. The number of nitro groups is 1. The molecule has 0 saturated heterocycles. The molecule has 0 fully saturated rings. The van der Waals surface area contributed by atoms with Crippen LogP contribution in [0, 0.1) is 10.1 Å². The van der Waals surface area contributed by atoms with Gasteiger partial charge in [0.15, 0.2) is 0 Å². The van der Waals surface area contributed by atoms with Gasteiger partial charge in [-0.2, -0.15) is 0 Å². The highest BCUT2D eigenvalue weighted by molar-refractivity contribution is 5.87. The van der Waals surface area contributed by atoms with E-state index in [9.17, 15) is 10.1 Å². The third-order valence-corrected chi connectivity index (χ3v) is 3.39. The van der Waals surface area contributed by atoms with Gasteiger partial charge >= 0.3 is 0 Å². The number of aromatic nitrogens is 2. The molecule has 6 heteroatoms. The summed E-state index contributed by atoms with van der Waals surface area (Å²) in [5.41, 5.74) is 1.49. The average Bonchev–Trinajstić information content (AvgIpc) is 2.63. The highest BCUT2D eigenvalue weighted by Crippen LogP contribution is 2.31. The van der Waals surface area contributed by atoms with E-state index in [4.69, 9.17) is 0 Å². The molecule has 1 aromatic heterocycles. The second-order valence-electron chi connectivity index (χ2n) is 4.59. The van der Waals surface area contributed by atoms with E-state index < -0.39 is 0 Å². The van der Waals surface area contributed by atoms with E-state index in [1.165, 1.54) is 0 Å². The zero-order valence-electron chi connectivity index (χ0n) is 10.2. The van der Waals surface area contributed by atoms with Crippen LogP contribution < -0.4 is 4.90 Å². The Bertz CT molecular complexity index is 620. The van der Waals surface area contributed by atoms with Gasteiger partial charge < -0.3 is 9.47 Å². The zero-order valence-corrected chi connectivity index (χ0v) is 10.2. The van der Waals surface area contributed by atoms with Crippen molar-refractivity contribution in [3.63, 3.8) is 0 Å². The molecule has 0 N–H and O–H groups in total. The zero-order chi connectivity index (χ0) is 12.7. The Morgan fingerprint density at radius 1 is 1.33 bits per heavy atom. The van der Waals surface area contributed by atoms with Crippen molar-refractivity contribution in [1.29, 1.82) is 0 Å². The molecule has 2 aromatic rings. The van der Waals surface area contributed by atoms with E-state index in [-0.39, 0.29) is 10.6 Å². The number of imidazole rings is 1. The van der Waals surface area contributed by atoms with Gasteiger partial charge in [-0.1, -0.05) is 6.07 Å². The molecule has 3 rings (SSSR count). The van der Waals surface area contributed by atoms with Crippen LogP contribution in [0.3, 0.4) is 0 Å². The Kier molecular flexibility index (Phi) is 2.43. The van der Waals surface area contributed by atoms with Gasteiger partial charge in [0.25, 0.3) is 5.69 Å². The van der Waals surface area contributed by atoms with E-state index in [0.29, 0.717) is 11.0 Å². The fraction of sp³-hybridized carbons (Fsp3) is 0.417. The van der Waals surface area contributed by atoms with Crippen molar-refractivity contribution >= 4 is 22.7 Å². The van der Waals surface area contributed by atoms with Crippen LogP contribution in [0.4, 0.5) is 11.6 Å². The van der Waals surface area contributed by atoms with E-state index in [2.05, 4.69) is 9.88 Å². The first-order valence-corrected chi connectivity index (χ1v) is 6.03. The molecule has 18 heavy (non-hydrogen) atoms. The predicted molar refractivity (Wildman–Crippen MR) is 68.9 cm³/mol. The van der Waals surface area contributed by atoms with Crippen LogP contribution in [-0.2, 0) is 6.54 Å². The summed E-state index contributed by atoms with van der Waals surface area (Å²) in [4.78, 5) is 17.4. The van der Waals surface area contributed by atoms with Crippen molar-refractivity contribution < 1.29 is 4.92 Å². The van der Waals surface area contributed by atoms with Crippen molar-refractivity contribution in [2.24, 2.45) is 0 Å². The second kappa shape index (κ2) is 3.97. The van der Waals surface area contributed by atoms with Crippen molar-refractivity contribution in [1.82, 2.24) is 9.55 Å². The molecule has 0 unspecified atom stereocenters. The second-order valence-corrected chi connectivity index (χ2v) is 4.59. The number of hydrogen-bond acceptors (Lipinski definition) is 4. The van der Waals surface area contributed by atoms with Crippen molar-refractivity contribution in [2.75, 3.05) is 18.5 Å². The van der Waals surface area contributed by atoms with Gasteiger partial charge in [-0.05, 0) is 18.9 Å². The third-order valence-electron chi connectivity index (χ3n) is 3.39. The highest BCUT2D eigenvalue weighted by atomic mass is 16.6. The summed E-state index contributed by atoms with van der Waals surface area (Å²) in [5, 5.41) is 11.1. The third kappa shape index (κ3) is 1.53. The molecule has 0 spiro atoms. The number of nitrogens with zero attached hydrogens (tertiary/aromatic N) is 4. The minimum Gasteiger partial charge on any atom is -0.345 e. The summed E-state index contributed by atoms with van der Waals surface area (Å²) < 4.78 is 1.97. The van der Waals surface area contributed by atoms with Crippen LogP contribution in [0.5, 0.6) is 0 Å². The fourth-order valence-corrected chi connectivity index (χ4v) is 2.52. The summed E-state index contributed by atoms with van der Waals surface area (Å²) in [6.07, 6.45) is 2.11. The maximum absolute atomic E-state index is 11.1. The minimum atomic E-state index is -0.331. The Balaban J connectivity index is 2.32. The van der Waals surface area contributed by atoms with Crippen molar-refractivity contribution in [3.8, 4) is 0 Å². The number of benzene rings is 1. The van der Waals surface area contributed by atoms with Crippen LogP contribution in [0.1, 0.15) is 12.8 Å². The van der Waals surface area contributed by atoms with E-state index in [1.54, 1.807) is 12.1 Å². The predicted octanol–water partition coefficient (Wildman–Crippen LogP) is 2.17. The maximum Gasteiger partial charge on any atom is 0.295 e. The molecule has 1 aromatic carbocycles. The molecule has 0 saturated carbocycles. The number of para-hydroxylation sites is 1. The standard InChI is InChI=1S/C12H14N4O2/c1-14-7-2-3-8-15-11-9(13-12(14)15)5-4-6-10(11)16(17)18/h4-6H,2-3,7-8H2,1H3. The van der Waals surface area contributed by atoms with Crippen molar-refractivity contribution in [3.05, 3.63) is 28.3 Å². The average molecular weight is 246 g/mol. The lowest BCUT2D eigenvalue weighted by molar-refractivity contribution is -0.383. The normalized spacial score (nSPS) is 15.5. The first-order valence-electron chi connectivity index (χ1n) is 6.03. The van der Waals surface area contributed by atoms with Gasteiger partial charge in [0.2, 0.25) is 5.95 Å². The van der Waals surface area contributed by atoms with Gasteiger partial charge in [0, 0.05) is 26.2 Å². The Morgan fingerprint density at radius 2 is 2.11 bits per heavy atom. The Morgan fingerprint density at radius 3 is 2.89 bits per heavy atom. The fourth-order valence-electron chi connectivity index (χ4n) is 2.52. The van der Waals surface area contributed by atoms with Crippen LogP contribution in [0.15, 0.2) is 18.2 Å². The highest BCUT2D eigenvalue weighted by Gasteiger charge is 2.23. The lowest BCUT2D eigenvalue weighted by Gasteiger charge is -2.14. The number of fused-ring (bicyclic) bond motifs is 3. The Hall–Kier alpha value is -2.11. The summed E-state index contributed by atoms with van der Waals surface area (Å²) in [6, 6.07) is 5.06. The van der Waals surface area contributed by atoms with Crippen LogP contribution >= 0.6 is 0 Å². The number of rotatable bonds is 1. The quantitative estimate of drug-likeness (QED) is 0.571. The summed E-state index contributed by atoms with van der Waals surface area (Å²) >= 11 is 0. The first-order chi connectivity index (χ1) is 8.68. The van der Waals surface area contributed by atoms with Crippen LogP contribution in [-0.4, -0.2) is 28.1 Å². The number of non-ortho nitro benzene ring substituents is 1. The van der Waals surface area contributed by atoms with E-state index >= 15 is 0 Å². The molecule has 0 bridgehead atoms. The molecule has 0 radical (unpaired) electrons. The van der Waals surface area contributed by atoms with Crippen LogP contribution in [0.2, 0.25) is 0 Å². The molecule has 2 heterocycles. The SMILES string of the molecule is CN1CCCCn2c1nc1cccc([N+](=O)[O-])c12. The smallest absolute Gasteiger partial charge is 0.295 e. The molecule has 1 aliphatic rings. The molecule has 0 atom stereocenters. The molecule has 1 aliphatic heterocycles. The molecule has 0 aliphatic carbocycles. The molecular weight excluding hydrogens is 232 g/mol.